The molecule has 0 bridgehead atoms. The summed E-state index contributed by atoms with van der Waals surface area (Å²) < 4.78 is 0. The second-order valence-electron chi connectivity index (χ2n) is 6.09. The number of amidine groups is 1. The van der Waals surface area contributed by atoms with Crippen molar-refractivity contribution in [2.75, 3.05) is 5.75 Å². The molecule has 23 heavy (non-hydrogen) atoms. The predicted octanol–water partition coefficient (Wildman–Crippen LogP) is 3.09. The highest BCUT2D eigenvalue weighted by atomic mass is 32.2. The van der Waals surface area contributed by atoms with Crippen molar-refractivity contribution in [2.45, 2.75) is 25.3 Å². The number of rotatable bonds is 3. The van der Waals surface area contributed by atoms with Gasteiger partial charge in [-0.05, 0) is 38.0 Å². The van der Waals surface area contributed by atoms with Gasteiger partial charge >= 0.3 is 0 Å². The normalized spacial score (nSPS) is 27.1. The van der Waals surface area contributed by atoms with Gasteiger partial charge in [0, 0.05) is 22.9 Å². The number of benzene rings is 1. The summed E-state index contributed by atoms with van der Waals surface area (Å²) in [5.74, 6) is 1.15. The first-order chi connectivity index (χ1) is 11.1. The van der Waals surface area contributed by atoms with Crippen LogP contribution in [0.25, 0.3) is 0 Å². The van der Waals surface area contributed by atoms with E-state index in [0.717, 1.165) is 24.3 Å². The molecule has 3 N–H and O–H groups in total. The van der Waals surface area contributed by atoms with Gasteiger partial charge in [-0.3, -0.25) is 9.79 Å². The summed E-state index contributed by atoms with van der Waals surface area (Å²) in [7, 11) is 0. The largest absolute Gasteiger partial charge is 0.379 e. The highest BCUT2D eigenvalue weighted by molar-refractivity contribution is 8.13. The zero-order chi connectivity index (χ0) is 16.3. The first-order valence-electron chi connectivity index (χ1n) is 7.80. The predicted molar refractivity (Wildman–Crippen MR) is 96.3 cm³/mol. The molecule has 0 saturated heterocycles. The Morgan fingerprint density at radius 2 is 2.17 bits per heavy atom. The highest BCUT2D eigenvalue weighted by Gasteiger charge is 2.35. The first kappa shape index (κ1) is 15.9. The lowest BCUT2D eigenvalue weighted by atomic mass is 9.79. The van der Waals surface area contributed by atoms with Crippen LogP contribution in [-0.4, -0.2) is 22.4 Å². The lowest BCUT2D eigenvalue weighted by Gasteiger charge is -2.36. The fourth-order valence-corrected chi connectivity index (χ4v) is 3.96. The van der Waals surface area contributed by atoms with Crippen molar-refractivity contribution in [3.63, 3.8) is 0 Å². The Morgan fingerprint density at radius 3 is 2.91 bits per heavy atom. The van der Waals surface area contributed by atoms with Crippen LogP contribution in [0.4, 0.5) is 0 Å². The molecule has 1 aromatic carbocycles. The van der Waals surface area contributed by atoms with Crippen LogP contribution in [0.3, 0.4) is 0 Å². The Bertz CT molecular complexity index is 681. The summed E-state index contributed by atoms with van der Waals surface area (Å²) in [6.07, 6.45) is 8.10. The summed E-state index contributed by atoms with van der Waals surface area (Å²) in [6, 6.07) is 9.24. The van der Waals surface area contributed by atoms with Crippen molar-refractivity contribution in [2.24, 2.45) is 16.6 Å². The summed E-state index contributed by atoms with van der Waals surface area (Å²) >= 11 is 1.61. The van der Waals surface area contributed by atoms with Crippen LogP contribution in [0.15, 0.2) is 59.2 Å². The number of nitrogens with two attached hydrogens (primary N) is 1. The lowest BCUT2D eigenvalue weighted by molar-refractivity contribution is 0.0966. The van der Waals surface area contributed by atoms with Gasteiger partial charge in [0.2, 0.25) is 0 Å². The number of carbonyl (C=O) groups excluding carboxylic acids is 1. The summed E-state index contributed by atoms with van der Waals surface area (Å²) in [6.45, 7) is 2.15. The van der Waals surface area contributed by atoms with E-state index in [4.69, 9.17) is 5.73 Å². The topological polar surface area (TPSA) is 67.5 Å². The van der Waals surface area contributed by atoms with E-state index in [1.54, 1.807) is 11.8 Å². The number of thioether (sulfide) groups is 1. The third-order valence-electron chi connectivity index (χ3n) is 4.38. The Morgan fingerprint density at radius 1 is 1.39 bits per heavy atom. The molecule has 120 valence electrons. The zero-order valence-electron chi connectivity index (χ0n) is 13.2. The molecular formula is C18H21N3OS. The van der Waals surface area contributed by atoms with Crippen molar-refractivity contribution < 1.29 is 4.79 Å². The van der Waals surface area contributed by atoms with Crippen LogP contribution in [0.1, 0.15) is 30.1 Å². The molecule has 1 unspecified atom stereocenters. The molecule has 5 heteroatoms. The Balaban J connectivity index is 1.76. The van der Waals surface area contributed by atoms with E-state index in [1.807, 2.05) is 36.4 Å². The van der Waals surface area contributed by atoms with E-state index < -0.39 is 0 Å². The van der Waals surface area contributed by atoms with Crippen molar-refractivity contribution >= 4 is 22.8 Å². The second-order valence-corrected chi connectivity index (χ2v) is 7.21. The maximum absolute atomic E-state index is 12.3. The number of aliphatic imine (C=N–C) groups is 1. The minimum absolute atomic E-state index is 0.0884. The number of amides is 1. The summed E-state index contributed by atoms with van der Waals surface area (Å²) in [4.78, 5) is 17.0. The van der Waals surface area contributed by atoms with Crippen molar-refractivity contribution in [3.8, 4) is 0 Å². The van der Waals surface area contributed by atoms with Crippen LogP contribution >= 0.6 is 11.8 Å². The number of carbonyl (C=O) groups is 1. The molecule has 2 aliphatic rings. The minimum Gasteiger partial charge on any atom is -0.379 e. The molecule has 0 fully saturated rings. The van der Waals surface area contributed by atoms with E-state index in [0.29, 0.717) is 10.7 Å². The van der Waals surface area contributed by atoms with Gasteiger partial charge in [0.05, 0.1) is 5.54 Å². The van der Waals surface area contributed by atoms with Crippen molar-refractivity contribution in [3.05, 3.63) is 59.8 Å². The molecule has 0 aromatic heterocycles. The monoisotopic (exact) mass is 327 g/mol. The fraction of sp³-hybridized carbons (Fsp3) is 0.333. The van der Waals surface area contributed by atoms with Crippen LogP contribution in [-0.2, 0) is 0 Å². The Labute approximate surface area is 140 Å². The highest BCUT2D eigenvalue weighted by Crippen LogP contribution is 2.37. The first-order valence-corrected chi connectivity index (χ1v) is 8.78. The lowest BCUT2D eigenvalue weighted by Crippen LogP contribution is -2.38. The molecule has 1 aliphatic heterocycles. The smallest absolute Gasteiger partial charge is 0.255 e. The molecule has 0 saturated carbocycles. The molecule has 1 amide bonds. The molecule has 1 heterocycles. The SMILES string of the molecule is C[C@@]1(C2C=C(NC(=O)c3ccccc3)C=CC2)CCSC(N)=N1. The number of nitrogens with one attached hydrogen (secondary N) is 1. The number of hydrogen-bond donors (Lipinski definition) is 2. The molecule has 0 spiro atoms. The molecule has 0 radical (unpaired) electrons. The van der Waals surface area contributed by atoms with E-state index in [-0.39, 0.29) is 17.4 Å². The molecule has 4 nitrogen and oxygen atoms in total. The van der Waals surface area contributed by atoms with Gasteiger partial charge in [0.25, 0.3) is 5.91 Å². The zero-order valence-corrected chi connectivity index (χ0v) is 14.0. The summed E-state index contributed by atoms with van der Waals surface area (Å²) in [5, 5.41) is 3.65. The van der Waals surface area contributed by atoms with E-state index in [1.165, 1.54) is 0 Å². The van der Waals surface area contributed by atoms with Crippen LogP contribution in [0.2, 0.25) is 0 Å². The van der Waals surface area contributed by atoms with Crippen LogP contribution < -0.4 is 11.1 Å². The van der Waals surface area contributed by atoms with Gasteiger partial charge in [-0.15, -0.1) is 0 Å². The molecule has 3 rings (SSSR count). The number of nitrogens with zero attached hydrogens (tertiary/aromatic N) is 1. The molecule has 2 atom stereocenters. The van der Waals surface area contributed by atoms with Gasteiger partial charge in [0.1, 0.15) is 0 Å². The second kappa shape index (κ2) is 6.62. The number of hydrogen-bond acceptors (Lipinski definition) is 4. The van der Waals surface area contributed by atoms with E-state index >= 15 is 0 Å². The quantitative estimate of drug-likeness (QED) is 0.896. The van der Waals surface area contributed by atoms with E-state index in [9.17, 15) is 4.79 Å². The average molecular weight is 327 g/mol. The number of allylic oxidation sites excluding steroid dienone is 2. The van der Waals surface area contributed by atoms with Gasteiger partial charge in [-0.1, -0.05) is 42.1 Å². The fourth-order valence-electron chi connectivity index (χ4n) is 2.96. The van der Waals surface area contributed by atoms with Crippen LogP contribution in [0, 0.1) is 5.92 Å². The van der Waals surface area contributed by atoms with Gasteiger partial charge in [-0.25, -0.2) is 0 Å². The summed E-state index contributed by atoms with van der Waals surface area (Å²) in [5.41, 5.74) is 7.22. The maximum atomic E-state index is 12.3. The molecule has 1 aliphatic carbocycles. The molecular weight excluding hydrogens is 306 g/mol. The van der Waals surface area contributed by atoms with Gasteiger partial charge in [-0.2, -0.15) is 0 Å². The van der Waals surface area contributed by atoms with Gasteiger partial charge < -0.3 is 11.1 Å². The Kier molecular flexibility index (Phi) is 4.57. The maximum Gasteiger partial charge on any atom is 0.255 e. The van der Waals surface area contributed by atoms with Gasteiger partial charge in [0.15, 0.2) is 5.17 Å². The van der Waals surface area contributed by atoms with Crippen molar-refractivity contribution in [1.29, 1.82) is 0 Å². The van der Waals surface area contributed by atoms with Crippen molar-refractivity contribution in [1.82, 2.24) is 5.32 Å². The third kappa shape index (κ3) is 3.67. The average Bonchev–Trinajstić information content (AvgIpc) is 2.56. The molecule has 1 aromatic rings. The standard InChI is InChI=1S/C18H21N3OS/c1-18(10-11-23-17(19)21-18)14-8-5-9-15(12-14)20-16(22)13-6-3-2-4-7-13/h2-7,9,12,14H,8,10-11H2,1H3,(H2,19,21)(H,20,22)/t14?,18-/m0/s1. The van der Waals surface area contributed by atoms with E-state index in [2.05, 4.69) is 29.4 Å². The minimum atomic E-state index is -0.192. The Hall–Kier alpha value is -2.01. The third-order valence-corrected chi connectivity index (χ3v) is 5.18. The van der Waals surface area contributed by atoms with Crippen LogP contribution in [0.5, 0.6) is 0 Å².